The number of fused-ring (bicyclic) bond motifs is 4. The van der Waals surface area contributed by atoms with Crippen molar-refractivity contribution in [1.82, 2.24) is 10.2 Å². The molecule has 2 saturated heterocycles. The van der Waals surface area contributed by atoms with Crippen LogP contribution in [0.15, 0.2) is 18.2 Å². The molecule has 4 rings (SSSR count). The molecule has 3 aliphatic rings. The average Bonchev–Trinajstić information content (AvgIpc) is 3.20. The first-order valence-electron chi connectivity index (χ1n) is 9.81. The van der Waals surface area contributed by atoms with Gasteiger partial charge in [-0.15, -0.1) is 0 Å². The number of nitrogens with zero attached hydrogens (tertiary/aromatic N) is 1. The summed E-state index contributed by atoms with van der Waals surface area (Å²) in [6.45, 7) is 9.89. The second-order valence-electron chi connectivity index (χ2n) is 8.53. The lowest BCUT2D eigenvalue weighted by Gasteiger charge is -2.32. The molecule has 1 aromatic rings. The Hall–Kier alpha value is -2.21. The van der Waals surface area contributed by atoms with Crippen LogP contribution in [0.5, 0.6) is 0 Å². The maximum atomic E-state index is 13.5. The highest BCUT2D eigenvalue weighted by atomic mass is 16.2. The Balaban J connectivity index is 1.92. The number of anilines is 1. The third-order valence-corrected chi connectivity index (χ3v) is 6.59. The van der Waals surface area contributed by atoms with Crippen molar-refractivity contribution < 1.29 is 14.4 Å². The van der Waals surface area contributed by atoms with E-state index in [4.69, 9.17) is 0 Å². The average molecular weight is 369 g/mol. The van der Waals surface area contributed by atoms with Gasteiger partial charge in [0, 0.05) is 23.3 Å². The first-order chi connectivity index (χ1) is 12.7. The third kappa shape index (κ3) is 2.19. The van der Waals surface area contributed by atoms with E-state index in [1.807, 2.05) is 52.8 Å². The van der Waals surface area contributed by atoms with Crippen LogP contribution in [-0.4, -0.2) is 34.7 Å². The summed E-state index contributed by atoms with van der Waals surface area (Å²) < 4.78 is 0. The Kier molecular flexibility index (Phi) is 3.97. The van der Waals surface area contributed by atoms with Gasteiger partial charge in [0.15, 0.2) is 0 Å². The molecular formula is C21H27N3O3. The van der Waals surface area contributed by atoms with E-state index in [0.29, 0.717) is 6.42 Å². The fourth-order valence-electron chi connectivity index (χ4n) is 5.06. The molecule has 5 atom stereocenters. The molecule has 6 nitrogen and oxygen atoms in total. The molecule has 0 aromatic heterocycles. The quantitative estimate of drug-likeness (QED) is 0.801. The van der Waals surface area contributed by atoms with Crippen LogP contribution >= 0.6 is 0 Å². The number of benzene rings is 1. The molecule has 1 spiro atoms. The molecule has 0 aliphatic carbocycles. The van der Waals surface area contributed by atoms with Crippen LogP contribution in [0, 0.1) is 24.7 Å². The van der Waals surface area contributed by atoms with Crippen LogP contribution in [0.1, 0.15) is 45.2 Å². The van der Waals surface area contributed by atoms with Crippen LogP contribution in [0.3, 0.4) is 0 Å². The van der Waals surface area contributed by atoms with Crippen LogP contribution in [-0.2, 0) is 19.9 Å². The Bertz CT molecular complexity index is 849. The maximum Gasteiger partial charge on any atom is 0.250 e. The number of amides is 3. The van der Waals surface area contributed by atoms with Gasteiger partial charge in [-0.1, -0.05) is 38.5 Å². The van der Waals surface area contributed by atoms with Crippen molar-refractivity contribution in [2.45, 2.75) is 58.7 Å². The van der Waals surface area contributed by atoms with Gasteiger partial charge < -0.3 is 5.32 Å². The van der Waals surface area contributed by atoms with E-state index >= 15 is 0 Å². The van der Waals surface area contributed by atoms with Gasteiger partial charge >= 0.3 is 0 Å². The van der Waals surface area contributed by atoms with Crippen molar-refractivity contribution in [3.05, 3.63) is 29.3 Å². The van der Waals surface area contributed by atoms with Gasteiger partial charge in [-0.25, -0.2) is 0 Å². The summed E-state index contributed by atoms with van der Waals surface area (Å²) in [4.78, 5) is 41.4. The van der Waals surface area contributed by atoms with Crippen LogP contribution in [0.4, 0.5) is 5.69 Å². The van der Waals surface area contributed by atoms with Crippen molar-refractivity contribution in [3.8, 4) is 0 Å². The molecule has 0 saturated carbocycles. The fourth-order valence-corrected chi connectivity index (χ4v) is 5.06. The lowest BCUT2D eigenvalue weighted by atomic mass is 9.75. The number of nitrogens with one attached hydrogen (secondary N) is 2. The molecule has 2 N–H and O–H groups in total. The topological polar surface area (TPSA) is 78.5 Å². The van der Waals surface area contributed by atoms with Crippen molar-refractivity contribution in [2.75, 3.05) is 5.32 Å². The summed E-state index contributed by atoms with van der Waals surface area (Å²) in [7, 11) is 0. The highest BCUT2D eigenvalue weighted by Gasteiger charge is 2.71. The molecule has 1 aromatic carbocycles. The second kappa shape index (κ2) is 5.89. The van der Waals surface area contributed by atoms with E-state index in [2.05, 4.69) is 10.6 Å². The normalized spacial score (nSPS) is 33.0. The minimum Gasteiger partial charge on any atom is -0.324 e. The molecule has 0 bridgehead atoms. The molecule has 3 amide bonds. The van der Waals surface area contributed by atoms with Crippen molar-refractivity contribution in [2.24, 2.45) is 17.8 Å². The lowest BCUT2D eigenvalue weighted by Crippen LogP contribution is -2.54. The first kappa shape index (κ1) is 18.2. The van der Waals surface area contributed by atoms with Crippen molar-refractivity contribution in [3.63, 3.8) is 0 Å². The fraction of sp³-hybridized carbons (Fsp3) is 0.571. The van der Waals surface area contributed by atoms with Crippen LogP contribution in [0.25, 0.3) is 0 Å². The molecular weight excluding hydrogens is 342 g/mol. The van der Waals surface area contributed by atoms with Gasteiger partial charge in [0.25, 0.3) is 0 Å². The maximum absolute atomic E-state index is 13.5. The van der Waals surface area contributed by atoms with Gasteiger partial charge in [0.05, 0.1) is 11.8 Å². The van der Waals surface area contributed by atoms with Gasteiger partial charge in [0.2, 0.25) is 17.7 Å². The van der Waals surface area contributed by atoms with E-state index < -0.39 is 17.4 Å². The summed E-state index contributed by atoms with van der Waals surface area (Å²) in [6, 6.07) is 5.39. The molecule has 0 radical (unpaired) electrons. The molecule has 3 aliphatic heterocycles. The standard InChI is InChI=1S/C21H27N3O3/c1-6-12(5)24-18(25)15-16(19(24)26)21(23-17(15)10(2)3)13-9-11(4)7-8-14(13)22-20(21)27/h7-10,12,15-17,23H,6H2,1-5H3,(H,22,27)/t12-,15-,16-,17+,21+/m0/s1. The molecule has 6 heteroatoms. The summed E-state index contributed by atoms with van der Waals surface area (Å²) in [6.07, 6.45) is 0.700. The largest absolute Gasteiger partial charge is 0.324 e. The summed E-state index contributed by atoms with van der Waals surface area (Å²) >= 11 is 0. The number of aryl methyl sites for hydroxylation is 1. The highest BCUT2D eigenvalue weighted by Crippen LogP contribution is 2.54. The number of carbonyl (C=O) groups excluding carboxylic acids is 3. The van der Waals surface area contributed by atoms with Gasteiger partial charge in [-0.05, 0) is 32.3 Å². The molecule has 2 fully saturated rings. The summed E-state index contributed by atoms with van der Waals surface area (Å²) in [5.74, 6) is -1.69. The lowest BCUT2D eigenvalue weighted by molar-refractivity contribution is -0.145. The summed E-state index contributed by atoms with van der Waals surface area (Å²) in [5.41, 5.74) is 1.36. The van der Waals surface area contributed by atoms with Gasteiger partial charge in [-0.3, -0.25) is 24.6 Å². The smallest absolute Gasteiger partial charge is 0.250 e. The van der Waals surface area contributed by atoms with E-state index in [-0.39, 0.29) is 35.7 Å². The van der Waals surface area contributed by atoms with Crippen LogP contribution < -0.4 is 10.6 Å². The molecule has 0 unspecified atom stereocenters. The number of hydrogen-bond donors (Lipinski definition) is 2. The number of rotatable bonds is 3. The third-order valence-electron chi connectivity index (χ3n) is 6.59. The minimum atomic E-state index is -1.17. The predicted octanol–water partition coefficient (Wildman–Crippen LogP) is 2.17. The second-order valence-corrected chi connectivity index (χ2v) is 8.53. The minimum absolute atomic E-state index is 0.118. The predicted molar refractivity (Wildman–Crippen MR) is 102 cm³/mol. The number of likely N-dealkylation sites (tertiary alicyclic amines) is 1. The SMILES string of the molecule is CC[C@H](C)N1C(=O)[C@@H]2[C@@H](C(C)C)N[C@@]3(C(=O)Nc4ccc(C)cc43)[C@@H]2C1=O. The summed E-state index contributed by atoms with van der Waals surface area (Å²) in [5, 5.41) is 6.40. The molecule has 144 valence electrons. The Labute approximate surface area is 159 Å². The number of hydrogen-bond acceptors (Lipinski definition) is 4. The van der Waals surface area contributed by atoms with E-state index in [1.54, 1.807) is 0 Å². The highest BCUT2D eigenvalue weighted by molar-refractivity contribution is 6.15. The van der Waals surface area contributed by atoms with Gasteiger partial charge in [0.1, 0.15) is 5.54 Å². The van der Waals surface area contributed by atoms with Crippen molar-refractivity contribution >= 4 is 23.4 Å². The number of carbonyl (C=O) groups is 3. The van der Waals surface area contributed by atoms with Crippen molar-refractivity contribution in [1.29, 1.82) is 0 Å². The van der Waals surface area contributed by atoms with Gasteiger partial charge in [-0.2, -0.15) is 0 Å². The van der Waals surface area contributed by atoms with E-state index in [0.717, 1.165) is 16.8 Å². The molecule has 27 heavy (non-hydrogen) atoms. The zero-order chi connectivity index (χ0) is 19.7. The zero-order valence-corrected chi connectivity index (χ0v) is 16.5. The first-order valence-corrected chi connectivity index (χ1v) is 9.81. The van der Waals surface area contributed by atoms with E-state index in [9.17, 15) is 14.4 Å². The Morgan fingerprint density at radius 3 is 2.48 bits per heavy atom. The Morgan fingerprint density at radius 2 is 1.85 bits per heavy atom. The monoisotopic (exact) mass is 369 g/mol. The number of imide groups is 1. The molecule has 3 heterocycles. The Morgan fingerprint density at radius 1 is 1.15 bits per heavy atom. The van der Waals surface area contributed by atoms with E-state index in [1.165, 1.54) is 4.90 Å². The van der Waals surface area contributed by atoms with Crippen LogP contribution in [0.2, 0.25) is 0 Å². The zero-order valence-electron chi connectivity index (χ0n) is 16.5.